The summed E-state index contributed by atoms with van der Waals surface area (Å²) in [4.78, 5) is 23.7. The average Bonchev–Trinajstić information content (AvgIpc) is 2.44. The summed E-state index contributed by atoms with van der Waals surface area (Å²) in [6, 6.07) is 11.9. The van der Waals surface area contributed by atoms with E-state index in [0.29, 0.717) is 16.4 Å². The van der Waals surface area contributed by atoms with Crippen molar-refractivity contribution < 1.29 is 9.59 Å². The van der Waals surface area contributed by atoms with Crippen LogP contribution in [-0.2, 0) is 9.59 Å². The Balaban J connectivity index is 2.02. The number of hydrogen-bond donors (Lipinski definition) is 2. The van der Waals surface area contributed by atoms with Gasteiger partial charge in [0.15, 0.2) is 0 Å². The first-order valence-electron chi connectivity index (χ1n) is 6.10. The zero-order valence-corrected chi connectivity index (χ0v) is 13.5. The minimum Gasteiger partial charge on any atom is -0.318 e. The van der Waals surface area contributed by atoms with Crippen LogP contribution in [0.1, 0.15) is 5.56 Å². The quantitative estimate of drug-likeness (QED) is 0.789. The van der Waals surface area contributed by atoms with Crippen LogP contribution in [0, 0.1) is 6.92 Å². The maximum absolute atomic E-state index is 11.9. The van der Waals surface area contributed by atoms with Crippen molar-refractivity contribution in [2.24, 2.45) is 0 Å². The van der Waals surface area contributed by atoms with Crippen LogP contribution in [0.4, 0.5) is 11.4 Å². The monoisotopic (exact) mass is 366 g/mol. The minimum atomic E-state index is -0.746. The van der Waals surface area contributed by atoms with Gasteiger partial charge >= 0.3 is 11.8 Å². The molecule has 2 rings (SSSR count). The Kier molecular flexibility index (Phi) is 4.98. The zero-order valence-electron chi connectivity index (χ0n) is 11.1. The highest BCUT2D eigenvalue weighted by Gasteiger charge is 2.15. The Labute approximate surface area is 135 Å². The van der Waals surface area contributed by atoms with E-state index < -0.39 is 11.8 Å². The molecule has 0 aliphatic carbocycles. The molecule has 108 valence electrons. The van der Waals surface area contributed by atoms with Crippen molar-refractivity contribution in [2.45, 2.75) is 6.92 Å². The maximum Gasteiger partial charge on any atom is 0.314 e. The summed E-state index contributed by atoms with van der Waals surface area (Å²) in [5.41, 5.74) is 2.09. The number of aryl methyl sites for hydroxylation is 1. The van der Waals surface area contributed by atoms with E-state index in [1.165, 1.54) is 0 Å². The molecule has 0 saturated carbocycles. The third-order valence-electron chi connectivity index (χ3n) is 2.68. The van der Waals surface area contributed by atoms with Crippen molar-refractivity contribution in [3.63, 3.8) is 0 Å². The van der Waals surface area contributed by atoms with Crippen LogP contribution in [0.25, 0.3) is 0 Å². The van der Waals surface area contributed by atoms with Crippen LogP contribution < -0.4 is 10.6 Å². The molecule has 2 aromatic carbocycles. The maximum atomic E-state index is 11.9. The second-order valence-corrected chi connectivity index (χ2v) is 5.69. The van der Waals surface area contributed by atoms with Crippen molar-refractivity contribution >= 4 is 50.7 Å². The minimum absolute atomic E-state index is 0.502. The van der Waals surface area contributed by atoms with Gasteiger partial charge in [-0.3, -0.25) is 9.59 Å². The molecule has 0 bridgehead atoms. The van der Waals surface area contributed by atoms with Crippen molar-refractivity contribution in [2.75, 3.05) is 10.6 Å². The Morgan fingerprint density at radius 1 is 1.00 bits per heavy atom. The second-order valence-electron chi connectivity index (χ2n) is 4.40. The van der Waals surface area contributed by atoms with E-state index in [9.17, 15) is 9.59 Å². The van der Waals surface area contributed by atoms with E-state index in [4.69, 9.17) is 11.6 Å². The SMILES string of the molecule is Cc1ccc(NC(=O)C(=O)Nc2ccc(Cl)cc2)c(Br)c1. The third-order valence-corrected chi connectivity index (χ3v) is 3.59. The molecule has 0 heterocycles. The van der Waals surface area contributed by atoms with Crippen LogP contribution in [-0.4, -0.2) is 11.8 Å². The Hall–Kier alpha value is -1.85. The van der Waals surface area contributed by atoms with Crippen molar-refractivity contribution in [3.8, 4) is 0 Å². The molecule has 4 nitrogen and oxygen atoms in total. The van der Waals surface area contributed by atoms with Gasteiger partial charge in [0.2, 0.25) is 0 Å². The normalized spacial score (nSPS) is 10.0. The molecule has 0 radical (unpaired) electrons. The number of nitrogens with one attached hydrogen (secondary N) is 2. The first-order chi connectivity index (χ1) is 9.95. The fraction of sp³-hybridized carbons (Fsp3) is 0.0667. The number of benzene rings is 2. The molecule has 0 spiro atoms. The zero-order chi connectivity index (χ0) is 15.4. The average molecular weight is 368 g/mol. The predicted octanol–water partition coefficient (Wildman–Crippen LogP) is 3.99. The van der Waals surface area contributed by atoms with Gasteiger partial charge in [-0.15, -0.1) is 0 Å². The lowest BCUT2D eigenvalue weighted by atomic mass is 10.2. The van der Waals surface area contributed by atoms with Gasteiger partial charge in [0.1, 0.15) is 0 Å². The van der Waals surface area contributed by atoms with E-state index in [1.807, 2.05) is 19.1 Å². The molecule has 0 saturated heterocycles. The second kappa shape index (κ2) is 6.74. The van der Waals surface area contributed by atoms with E-state index >= 15 is 0 Å². The van der Waals surface area contributed by atoms with E-state index in [-0.39, 0.29) is 0 Å². The topological polar surface area (TPSA) is 58.2 Å². The molecule has 0 unspecified atom stereocenters. The Bertz CT molecular complexity index is 687. The fourth-order valence-electron chi connectivity index (χ4n) is 1.62. The van der Waals surface area contributed by atoms with Gasteiger partial charge in [-0.1, -0.05) is 17.7 Å². The van der Waals surface area contributed by atoms with Gasteiger partial charge in [0.25, 0.3) is 0 Å². The Morgan fingerprint density at radius 3 is 2.24 bits per heavy atom. The highest BCUT2D eigenvalue weighted by molar-refractivity contribution is 9.10. The highest BCUT2D eigenvalue weighted by Crippen LogP contribution is 2.23. The predicted molar refractivity (Wildman–Crippen MR) is 87.6 cm³/mol. The lowest BCUT2D eigenvalue weighted by molar-refractivity contribution is -0.133. The number of carbonyl (C=O) groups is 2. The van der Waals surface area contributed by atoms with E-state index in [1.54, 1.807) is 30.3 Å². The molecule has 6 heteroatoms. The number of carbonyl (C=O) groups excluding carboxylic acids is 2. The molecule has 0 atom stereocenters. The summed E-state index contributed by atoms with van der Waals surface area (Å²) < 4.78 is 0.718. The molecule has 2 amide bonds. The first-order valence-corrected chi connectivity index (χ1v) is 7.27. The molecular formula is C15H12BrClN2O2. The molecule has 0 aromatic heterocycles. The number of amides is 2. The van der Waals surface area contributed by atoms with Crippen LogP contribution in [0.5, 0.6) is 0 Å². The molecule has 21 heavy (non-hydrogen) atoms. The third kappa shape index (κ3) is 4.31. The molecule has 0 fully saturated rings. The van der Waals surface area contributed by atoms with Gasteiger partial charge in [-0.25, -0.2) is 0 Å². The molecule has 0 aliphatic heterocycles. The van der Waals surface area contributed by atoms with E-state index in [0.717, 1.165) is 10.0 Å². The summed E-state index contributed by atoms with van der Waals surface area (Å²) in [6.07, 6.45) is 0. The molecule has 2 N–H and O–H groups in total. The lowest BCUT2D eigenvalue weighted by Gasteiger charge is -2.08. The smallest absolute Gasteiger partial charge is 0.314 e. The van der Waals surface area contributed by atoms with Crippen molar-refractivity contribution in [1.82, 2.24) is 0 Å². The first kappa shape index (κ1) is 15.5. The number of anilines is 2. The van der Waals surface area contributed by atoms with Crippen LogP contribution in [0.15, 0.2) is 46.9 Å². The highest BCUT2D eigenvalue weighted by atomic mass is 79.9. The van der Waals surface area contributed by atoms with Gasteiger partial charge < -0.3 is 10.6 Å². The number of rotatable bonds is 2. The van der Waals surface area contributed by atoms with Crippen LogP contribution >= 0.6 is 27.5 Å². The number of halogens is 2. The van der Waals surface area contributed by atoms with Gasteiger partial charge in [0.05, 0.1) is 5.69 Å². The van der Waals surface area contributed by atoms with Crippen molar-refractivity contribution in [1.29, 1.82) is 0 Å². The van der Waals surface area contributed by atoms with Crippen LogP contribution in [0.2, 0.25) is 5.02 Å². The van der Waals surface area contributed by atoms with Crippen molar-refractivity contribution in [3.05, 3.63) is 57.5 Å². The van der Waals surface area contributed by atoms with Crippen LogP contribution in [0.3, 0.4) is 0 Å². The summed E-state index contributed by atoms with van der Waals surface area (Å²) in [7, 11) is 0. The molecular weight excluding hydrogens is 356 g/mol. The molecule has 0 aliphatic rings. The summed E-state index contributed by atoms with van der Waals surface area (Å²) in [5, 5.41) is 5.60. The standard InChI is InChI=1S/C15H12BrClN2O2/c1-9-2-7-13(12(16)8-9)19-15(21)14(20)18-11-5-3-10(17)4-6-11/h2-8H,1H3,(H,18,20)(H,19,21). The van der Waals surface area contributed by atoms with E-state index in [2.05, 4.69) is 26.6 Å². The summed E-state index contributed by atoms with van der Waals surface area (Å²) in [6.45, 7) is 1.93. The van der Waals surface area contributed by atoms with Gasteiger partial charge in [-0.05, 0) is 64.8 Å². The van der Waals surface area contributed by atoms with Gasteiger partial charge in [0, 0.05) is 15.2 Å². The molecule has 2 aromatic rings. The summed E-state index contributed by atoms with van der Waals surface area (Å²) >= 11 is 9.09. The number of hydrogen-bond acceptors (Lipinski definition) is 2. The van der Waals surface area contributed by atoms with Gasteiger partial charge in [-0.2, -0.15) is 0 Å². The Morgan fingerprint density at radius 2 is 1.62 bits per heavy atom. The largest absolute Gasteiger partial charge is 0.318 e. The lowest BCUT2D eigenvalue weighted by Crippen LogP contribution is -2.29. The fourth-order valence-corrected chi connectivity index (χ4v) is 2.34. The summed E-state index contributed by atoms with van der Waals surface area (Å²) in [5.74, 6) is -1.49.